The van der Waals surface area contributed by atoms with Gasteiger partial charge in [0.05, 0.1) is 0 Å². The lowest BCUT2D eigenvalue weighted by Crippen LogP contribution is -2.23. The summed E-state index contributed by atoms with van der Waals surface area (Å²) in [7, 11) is 0. The molecule has 0 aromatic heterocycles. The standard InChI is InChI=1S/C20H20N2O2/c21-20(24)18-7-5-16(6-8-18)19(17-9-11-22-12-10-17)15-3-1-14(13-23)2-4-15/h1-8,13,22H,9-12H2,(H2,21,24). The summed E-state index contributed by atoms with van der Waals surface area (Å²) < 4.78 is 0. The van der Waals surface area contributed by atoms with Gasteiger partial charge in [0, 0.05) is 11.1 Å². The minimum absolute atomic E-state index is 0.423. The molecule has 0 spiro atoms. The van der Waals surface area contributed by atoms with Crippen LogP contribution in [0.25, 0.3) is 5.57 Å². The first-order valence-corrected chi connectivity index (χ1v) is 8.07. The second kappa shape index (κ2) is 7.23. The summed E-state index contributed by atoms with van der Waals surface area (Å²) in [5, 5.41) is 3.37. The molecule has 1 amide bonds. The van der Waals surface area contributed by atoms with Crippen LogP contribution >= 0.6 is 0 Å². The predicted molar refractivity (Wildman–Crippen MR) is 94.9 cm³/mol. The summed E-state index contributed by atoms with van der Waals surface area (Å²) in [5.74, 6) is -0.423. The maximum absolute atomic E-state index is 11.3. The normalized spacial score (nSPS) is 14.2. The molecule has 1 saturated heterocycles. The van der Waals surface area contributed by atoms with E-state index in [1.54, 1.807) is 12.1 Å². The third-order valence-electron chi connectivity index (χ3n) is 4.35. The van der Waals surface area contributed by atoms with E-state index >= 15 is 0 Å². The van der Waals surface area contributed by atoms with Crippen molar-refractivity contribution in [2.24, 2.45) is 5.73 Å². The van der Waals surface area contributed by atoms with Crippen molar-refractivity contribution in [3.63, 3.8) is 0 Å². The average Bonchev–Trinajstić information content (AvgIpc) is 2.64. The molecule has 4 heteroatoms. The molecule has 0 bridgehead atoms. The first-order valence-electron chi connectivity index (χ1n) is 8.07. The number of hydrogen-bond acceptors (Lipinski definition) is 3. The van der Waals surface area contributed by atoms with Gasteiger partial charge in [-0.05, 0) is 54.8 Å². The molecule has 1 heterocycles. The van der Waals surface area contributed by atoms with Gasteiger partial charge in [0.1, 0.15) is 6.29 Å². The van der Waals surface area contributed by atoms with Crippen molar-refractivity contribution in [3.8, 4) is 0 Å². The monoisotopic (exact) mass is 320 g/mol. The Bertz CT molecular complexity index is 766. The SMILES string of the molecule is NC(=O)c1ccc(C(=C2CCNCC2)c2ccc(C=O)cc2)cc1. The van der Waals surface area contributed by atoms with Crippen LogP contribution in [0.5, 0.6) is 0 Å². The van der Waals surface area contributed by atoms with Gasteiger partial charge in [0.2, 0.25) is 5.91 Å². The molecular formula is C20H20N2O2. The van der Waals surface area contributed by atoms with Crippen molar-refractivity contribution in [2.45, 2.75) is 12.8 Å². The van der Waals surface area contributed by atoms with Crippen molar-refractivity contribution >= 4 is 17.8 Å². The van der Waals surface area contributed by atoms with E-state index in [1.165, 1.54) is 11.1 Å². The van der Waals surface area contributed by atoms with E-state index in [0.29, 0.717) is 11.1 Å². The first-order chi connectivity index (χ1) is 11.7. The van der Waals surface area contributed by atoms with Crippen LogP contribution < -0.4 is 11.1 Å². The van der Waals surface area contributed by atoms with E-state index < -0.39 is 5.91 Å². The summed E-state index contributed by atoms with van der Waals surface area (Å²) in [4.78, 5) is 22.2. The fourth-order valence-corrected chi connectivity index (χ4v) is 3.08. The Balaban J connectivity index is 2.07. The number of nitrogens with two attached hydrogens (primary N) is 1. The van der Waals surface area contributed by atoms with Crippen LogP contribution in [0.15, 0.2) is 54.1 Å². The highest BCUT2D eigenvalue weighted by Gasteiger charge is 2.15. The minimum Gasteiger partial charge on any atom is -0.366 e. The summed E-state index contributed by atoms with van der Waals surface area (Å²) >= 11 is 0. The topological polar surface area (TPSA) is 72.2 Å². The Hall–Kier alpha value is -2.72. The zero-order chi connectivity index (χ0) is 16.9. The highest BCUT2D eigenvalue weighted by molar-refractivity contribution is 5.93. The Morgan fingerprint density at radius 1 is 0.875 bits per heavy atom. The Morgan fingerprint density at radius 3 is 1.88 bits per heavy atom. The Kier molecular flexibility index (Phi) is 4.87. The maximum atomic E-state index is 11.3. The highest BCUT2D eigenvalue weighted by atomic mass is 16.1. The van der Waals surface area contributed by atoms with E-state index in [9.17, 15) is 9.59 Å². The van der Waals surface area contributed by atoms with Crippen molar-refractivity contribution in [3.05, 3.63) is 76.4 Å². The number of rotatable bonds is 4. The number of benzene rings is 2. The molecule has 0 unspecified atom stereocenters. The smallest absolute Gasteiger partial charge is 0.248 e. The van der Waals surface area contributed by atoms with Gasteiger partial charge < -0.3 is 11.1 Å². The maximum Gasteiger partial charge on any atom is 0.248 e. The number of amides is 1. The summed E-state index contributed by atoms with van der Waals surface area (Å²) in [5.41, 5.74) is 11.2. The third-order valence-corrected chi connectivity index (χ3v) is 4.35. The van der Waals surface area contributed by atoms with E-state index in [4.69, 9.17) is 5.73 Å². The summed E-state index contributed by atoms with van der Waals surface area (Å²) in [6, 6.07) is 15.0. The minimum atomic E-state index is -0.423. The predicted octanol–water partition coefficient (Wildman–Crippen LogP) is 2.78. The lowest BCUT2D eigenvalue weighted by molar-refractivity contribution is 0.1000. The van der Waals surface area contributed by atoms with Crippen LogP contribution in [-0.2, 0) is 0 Å². The van der Waals surface area contributed by atoms with E-state index in [-0.39, 0.29) is 0 Å². The second-order valence-electron chi connectivity index (χ2n) is 5.91. The number of aldehydes is 1. The van der Waals surface area contributed by atoms with Gasteiger partial charge in [-0.25, -0.2) is 0 Å². The number of nitrogens with one attached hydrogen (secondary N) is 1. The van der Waals surface area contributed by atoms with Crippen LogP contribution in [0, 0.1) is 0 Å². The van der Waals surface area contributed by atoms with E-state index in [1.807, 2.05) is 36.4 Å². The van der Waals surface area contributed by atoms with Crippen molar-refractivity contribution in [1.82, 2.24) is 5.32 Å². The first kappa shape index (κ1) is 16.1. The van der Waals surface area contributed by atoms with E-state index in [2.05, 4.69) is 5.32 Å². The lowest BCUT2D eigenvalue weighted by atomic mass is 9.88. The molecule has 122 valence electrons. The molecule has 2 aromatic rings. The van der Waals surface area contributed by atoms with Gasteiger partial charge in [-0.15, -0.1) is 0 Å². The highest BCUT2D eigenvalue weighted by Crippen LogP contribution is 2.31. The number of carbonyl (C=O) groups is 2. The van der Waals surface area contributed by atoms with Crippen LogP contribution in [0.4, 0.5) is 0 Å². The summed E-state index contributed by atoms with van der Waals surface area (Å²) in [6.45, 7) is 1.93. The zero-order valence-electron chi connectivity index (χ0n) is 13.4. The van der Waals surface area contributed by atoms with Gasteiger partial charge >= 0.3 is 0 Å². The molecule has 3 N–H and O–H groups in total. The van der Waals surface area contributed by atoms with Gasteiger partial charge in [0.15, 0.2) is 0 Å². The number of carbonyl (C=O) groups excluding carboxylic acids is 2. The molecule has 3 rings (SSSR count). The molecule has 0 saturated carbocycles. The van der Waals surface area contributed by atoms with Gasteiger partial charge in [-0.3, -0.25) is 9.59 Å². The van der Waals surface area contributed by atoms with Crippen molar-refractivity contribution in [2.75, 3.05) is 13.1 Å². The van der Waals surface area contributed by atoms with E-state index in [0.717, 1.165) is 43.3 Å². The quantitative estimate of drug-likeness (QED) is 0.851. The number of hydrogen-bond donors (Lipinski definition) is 2. The molecule has 0 aliphatic carbocycles. The van der Waals surface area contributed by atoms with Gasteiger partial charge in [0.25, 0.3) is 0 Å². The average molecular weight is 320 g/mol. The molecule has 24 heavy (non-hydrogen) atoms. The molecule has 4 nitrogen and oxygen atoms in total. The molecule has 2 aromatic carbocycles. The Labute approximate surface area is 141 Å². The second-order valence-corrected chi connectivity index (χ2v) is 5.91. The number of primary amides is 1. The molecule has 1 aliphatic rings. The van der Waals surface area contributed by atoms with Gasteiger partial charge in [-0.2, -0.15) is 0 Å². The number of piperidine rings is 1. The molecule has 1 aliphatic heterocycles. The van der Waals surface area contributed by atoms with Gasteiger partial charge in [-0.1, -0.05) is 42.0 Å². The summed E-state index contributed by atoms with van der Waals surface area (Å²) in [6.07, 6.45) is 2.83. The van der Waals surface area contributed by atoms with Crippen LogP contribution in [0.2, 0.25) is 0 Å². The van der Waals surface area contributed by atoms with Crippen LogP contribution in [0.3, 0.4) is 0 Å². The van der Waals surface area contributed by atoms with Crippen LogP contribution in [0.1, 0.15) is 44.7 Å². The molecular weight excluding hydrogens is 300 g/mol. The molecule has 0 atom stereocenters. The van der Waals surface area contributed by atoms with Crippen molar-refractivity contribution in [1.29, 1.82) is 0 Å². The zero-order valence-corrected chi connectivity index (χ0v) is 13.4. The third kappa shape index (κ3) is 3.44. The lowest BCUT2D eigenvalue weighted by Gasteiger charge is -2.21. The Morgan fingerprint density at radius 2 is 1.38 bits per heavy atom. The van der Waals surface area contributed by atoms with Crippen molar-refractivity contribution < 1.29 is 9.59 Å². The fraction of sp³-hybridized carbons (Fsp3) is 0.200. The largest absolute Gasteiger partial charge is 0.366 e. The van der Waals surface area contributed by atoms with Crippen LogP contribution in [-0.4, -0.2) is 25.3 Å². The molecule has 1 fully saturated rings. The fourth-order valence-electron chi connectivity index (χ4n) is 3.08. The molecule has 0 radical (unpaired) electrons.